The Kier molecular flexibility index (Phi) is 5.28. The van der Waals surface area contributed by atoms with Gasteiger partial charge in [-0.1, -0.05) is 32.4 Å². The van der Waals surface area contributed by atoms with Crippen LogP contribution in [0.5, 0.6) is 0 Å². The third-order valence-corrected chi connectivity index (χ3v) is 11.0. The lowest BCUT2D eigenvalue weighted by atomic mass is 10.1. The molecule has 30 heavy (non-hydrogen) atoms. The van der Waals surface area contributed by atoms with Gasteiger partial charge in [0.1, 0.15) is 16.6 Å². The van der Waals surface area contributed by atoms with Crippen molar-refractivity contribution in [3.63, 3.8) is 0 Å². The van der Waals surface area contributed by atoms with Crippen molar-refractivity contribution in [2.24, 2.45) is 0 Å². The predicted molar refractivity (Wildman–Crippen MR) is 122 cm³/mol. The Balaban J connectivity index is 1.60. The van der Waals surface area contributed by atoms with Crippen LogP contribution in [0, 0.1) is 0 Å². The second kappa shape index (κ2) is 7.51. The standard InChI is InChI=1S/C21H28ClN5O2Si/c1-21(2,3)30(4,5)29-12-14-10-27(19-17(14)18(22)25-20(23)26-19)11-15-8-16-13(9-24-15)6-7-28-16/h6-9,14H,10-12H2,1-5H3,(H2,23,25,26). The van der Waals surface area contributed by atoms with E-state index in [1.165, 1.54) is 0 Å². The molecule has 0 radical (unpaired) electrons. The molecular weight excluding hydrogens is 418 g/mol. The molecule has 9 heteroatoms. The number of hydrogen-bond donors (Lipinski definition) is 1. The summed E-state index contributed by atoms with van der Waals surface area (Å²) in [7, 11) is -1.89. The fourth-order valence-corrected chi connectivity index (χ4v) is 4.84. The molecule has 7 nitrogen and oxygen atoms in total. The van der Waals surface area contributed by atoms with Gasteiger partial charge in [-0.05, 0) is 24.2 Å². The molecule has 2 N–H and O–H groups in total. The molecule has 4 heterocycles. The third kappa shape index (κ3) is 3.91. The van der Waals surface area contributed by atoms with E-state index in [2.05, 4.69) is 53.7 Å². The number of nitrogens with two attached hydrogens (primary N) is 1. The normalized spacial score (nSPS) is 17.0. The van der Waals surface area contributed by atoms with Crippen molar-refractivity contribution in [3.05, 3.63) is 41.0 Å². The zero-order valence-electron chi connectivity index (χ0n) is 18.1. The van der Waals surface area contributed by atoms with E-state index in [1.807, 2.05) is 18.3 Å². The molecule has 0 fully saturated rings. The summed E-state index contributed by atoms with van der Waals surface area (Å²) < 4.78 is 12.0. The molecule has 1 unspecified atom stereocenters. The van der Waals surface area contributed by atoms with Crippen LogP contribution in [0.2, 0.25) is 23.3 Å². The summed E-state index contributed by atoms with van der Waals surface area (Å²) in [6.45, 7) is 13.1. The minimum absolute atomic E-state index is 0.0783. The van der Waals surface area contributed by atoms with Crippen LogP contribution in [-0.2, 0) is 11.0 Å². The van der Waals surface area contributed by atoms with Crippen molar-refractivity contribution in [2.45, 2.75) is 51.4 Å². The molecule has 0 amide bonds. The highest BCUT2D eigenvalue weighted by Crippen LogP contribution is 2.42. The smallest absolute Gasteiger partial charge is 0.223 e. The molecule has 0 spiro atoms. The Morgan fingerprint density at radius 3 is 2.83 bits per heavy atom. The van der Waals surface area contributed by atoms with Gasteiger partial charge in [0.05, 0.1) is 18.5 Å². The fourth-order valence-electron chi connectivity index (χ4n) is 3.46. The van der Waals surface area contributed by atoms with E-state index in [0.717, 1.165) is 34.6 Å². The number of fused-ring (bicyclic) bond motifs is 2. The second-order valence-corrected chi connectivity index (χ2v) is 14.6. The van der Waals surface area contributed by atoms with Crippen LogP contribution >= 0.6 is 11.6 Å². The lowest BCUT2D eigenvalue weighted by Gasteiger charge is -2.37. The average molecular weight is 446 g/mol. The minimum Gasteiger partial charge on any atom is -0.464 e. The van der Waals surface area contributed by atoms with Gasteiger partial charge in [-0.15, -0.1) is 0 Å². The number of nitrogens with zero attached hydrogens (tertiary/aromatic N) is 4. The SMILES string of the molecule is CC(C)(C)[Si](C)(C)OCC1CN(Cc2cc3occc3cn2)c2nc(N)nc(Cl)c21. The van der Waals surface area contributed by atoms with Crippen molar-refractivity contribution in [1.29, 1.82) is 0 Å². The molecule has 3 aromatic rings. The van der Waals surface area contributed by atoms with Gasteiger partial charge < -0.3 is 19.5 Å². The number of furan rings is 1. The Hall–Kier alpha value is -2.16. The lowest BCUT2D eigenvalue weighted by Crippen LogP contribution is -2.42. The number of halogens is 1. The van der Waals surface area contributed by atoms with Crippen LogP contribution in [0.25, 0.3) is 11.0 Å². The van der Waals surface area contributed by atoms with Crippen molar-refractivity contribution in [3.8, 4) is 0 Å². The van der Waals surface area contributed by atoms with Crippen LogP contribution in [0.1, 0.15) is 37.9 Å². The average Bonchev–Trinajstić information content (AvgIpc) is 3.23. The maximum Gasteiger partial charge on any atom is 0.223 e. The first-order valence-corrected chi connectivity index (χ1v) is 13.4. The van der Waals surface area contributed by atoms with Gasteiger partial charge in [-0.25, -0.2) is 4.98 Å². The van der Waals surface area contributed by atoms with Crippen molar-refractivity contribution >= 4 is 42.7 Å². The van der Waals surface area contributed by atoms with Gasteiger partial charge in [-0.3, -0.25) is 4.98 Å². The topological polar surface area (TPSA) is 90.3 Å². The maximum absolute atomic E-state index is 6.51. The van der Waals surface area contributed by atoms with Gasteiger partial charge in [-0.2, -0.15) is 4.98 Å². The number of pyridine rings is 1. The van der Waals surface area contributed by atoms with Crippen LogP contribution in [0.15, 0.2) is 29.0 Å². The first-order valence-electron chi connectivity index (χ1n) is 10.1. The summed E-state index contributed by atoms with van der Waals surface area (Å²) in [5.41, 5.74) is 8.52. The molecule has 3 aromatic heterocycles. The molecule has 0 saturated heterocycles. The third-order valence-electron chi connectivity index (χ3n) is 6.24. The van der Waals surface area contributed by atoms with E-state index in [4.69, 9.17) is 26.2 Å². The molecule has 1 atom stereocenters. The van der Waals surface area contributed by atoms with Gasteiger partial charge in [0.2, 0.25) is 5.95 Å². The molecule has 0 bridgehead atoms. The van der Waals surface area contributed by atoms with Gasteiger partial charge in [0.15, 0.2) is 8.32 Å². The van der Waals surface area contributed by atoms with E-state index < -0.39 is 8.32 Å². The van der Waals surface area contributed by atoms with Crippen LogP contribution < -0.4 is 10.6 Å². The number of anilines is 2. The summed E-state index contributed by atoms with van der Waals surface area (Å²) in [6.07, 6.45) is 3.49. The number of rotatable bonds is 5. The van der Waals surface area contributed by atoms with Crippen LogP contribution in [-0.4, -0.2) is 36.4 Å². The first-order chi connectivity index (χ1) is 14.0. The highest BCUT2D eigenvalue weighted by molar-refractivity contribution is 6.74. The number of aromatic nitrogens is 3. The summed E-state index contributed by atoms with van der Waals surface area (Å²) in [5.74, 6) is 1.01. The fraction of sp³-hybridized carbons (Fsp3) is 0.476. The summed E-state index contributed by atoms with van der Waals surface area (Å²) >= 11 is 6.51. The van der Waals surface area contributed by atoms with Gasteiger partial charge >= 0.3 is 0 Å². The maximum atomic E-state index is 6.51. The first kappa shape index (κ1) is 21.1. The monoisotopic (exact) mass is 445 g/mol. The van der Waals surface area contributed by atoms with E-state index >= 15 is 0 Å². The summed E-state index contributed by atoms with van der Waals surface area (Å²) in [4.78, 5) is 15.4. The Bertz CT molecular complexity index is 1080. The van der Waals surface area contributed by atoms with Gasteiger partial charge in [0, 0.05) is 42.3 Å². The van der Waals surface area contributed by atoms with Crippen molar-refractivity contribution in [2.75, 3.05) is 23.8 Å². The van der Waals surface area contributed by atoms with Crippen LogP contribution in [0.4, 0.5) is 11.8 Å². The summed E-state index contributed by atoms with van der Waals surface area (Å²) in [5, 5.41) is 1.52. The quantitative estimate of drug-likeness (QED) is 0.437. The zero-order valence-corrected chi connectivity index (χ0v) is 19.8. The second-order valence-electron chi connectivity index (χ2n) is 9.39. The highest BCUT2D eigenvalue weighted by atomic mass is 35.5. The zero-order chi connectivity index (χ0) is 21.7. The lowest BCUT2D eigenvalue weighted by molar-refractivity contribution is 0.267. The molecule has 4 rings (SSSR count). The minimum atomic E-state index is -1.89. The Morgan fingerprint density at radius 2 is 2.10 bits per heavy atom. The van der Waals surface area contributed by atoms with E-state index in [-0.39, 0.29) is 16.9 Å². The largest absolute Gasteiger partial charge is 0.464 e. The van der Waals surface area contributed by atoms with Crippen molar-refractivity contribution < 1.29 is 8.84 Å². The molecule has 0 saturated carbocycles. The Morgan fingerprint density at radius 1 is 1.33 bits per heavy atom. The highest BCUT2D eigenvalue weighted by Gasteiger charge is 2.40. The van der Waals surface area contributed by atoms with E-state index in [9.17, 15) is 0 Å². The molecular formula is C21H28ClN5O2Si. The van der Waals surface area contributed by atoms with E-state index in [1.54, 1.807) is 6.26 Å². The van der Waals surface area contributed by atoms with Crippen molar-refractivity contribution in [1.82, 2.24) is 15.0 Å². The van der Waals surface area contributed by atoms with Crippen LogP contribution in [0.3, 0.4) is 0 Å². The molecule has 0 aromatic carbocycles. The Labute approximate surface area is 182 Å². The molecule has 1 aliphatic rings. The number of hydrogen-bond acceptors (Lipinski definition) is 7. The van der Waals surface area contributed by atoms with Gasteiger partial charge in [0.25, 0.3) is 0 Å². The summed E-state index contributed by atoms with van der Waals surface area (Å²) in [6, 6.07) is 3.86. The predicted octanol–water partition coefficient (Wildman–Crippen LogP) is 4.98. The molecule has 160 valence electrons. The number of nitrogen functional groups attached to an aromatic ring is 1. The molecule has 0 aliphatic carbocycles. The molecule has 1 aliphatic heterocycles. The van der Waals surface area contributed by atoms with E-state index in [0.29, 0.717) is 18.3 Å².